The standard InChI is InChI=1S/C24H26N2O/c1-18(2)26(17-20-9-7-19(16-25)8-10-20)14-13-24(27)23-12-11-21-5-3-4-6-22(21)15-23/h3-12,15,18,24,27H,13-14,17H2,1-2H3. The zero-order valence-corrected chi connectivity index (χ0v) is 16.0. The third-order valence-electron chi connectivity index (χ3n) is 5.05. The number of aliphatic hydroxyl groups excluding tert-OH is 1. The molecule has 3 nitrogen and oxygen atoms in total. The minimum Gasteiger partial charge on any atom is -0.388 e. The van der Waals surface area contributed by atoms with Gasteiger partial charge in [0.2, 0.25) is 0 Å². The van der Waals surface area contributed by atoms with Gasteiger partial charge in [-0.25, -0.2) is 0 Å². The van der Waals surface area contributed by atoms with Crippen molar-refractivity contribution in [2.75, 3.05) is 6.54 Å². The van der Waals surface area contributed by atoms with E-state index in [2.05, 4.69) is 49.1 Å². The molecule has 0 spiro atoms. The van der Waals surface area contributed by atoms with Gasteiger partial charge in [0.15, 0.2) is 0 Å². The van der Waals surface area contributed by atoms with Gasteiger partial charge in [-0.05, 0) is 60.4 Å². The molecule has 0 amide bonds. The Bertz CT molecular complexity index is 925. The minimum absolute atomic E-state index is 0.379. The summed E-state index contributed by atoms with van der Waals surface area (Å²) in [5.74, 6) is 0. The molecule has 3 aromatic carbocycles. The Morgan fingerprint density at radius 2 is 1.67 bits per heavy atom. The van der Waals surface area contributed by atoms with E-state index in [1.807, 2.05) is 42.5 Å². The largest absolute Gasteiger partial charge is 0.388 e. The number of fused-ring (bicyclic) bond motifs is 1. The predicted molar refractivity (Wildman–Crippen MR) is 110 cm³/mol. The molecule has 3 rings (SSSR count). The Morgan fingerprint density at radius 3 is 2.33 bits per heavy atom. The number of benzene rings is 3. The molecule has 3 heteroatoms. The van der Waals surface area contributed by atoms with E-state index in [9.17, 15) is 5.11 Å². The van der Waals surface area contributed by atoms with Crippen LogP contribution >= 0.6 is 0 Å². The van der Waals surface area contributed by atoms with Crippen LogP contribution in [0.5, 0.6) is 0 Å². The average Bonchev–Trinajstić information content (AvgIpc) is 2.70. The zero-order valence-electron chi connectivity index (χ0n) is 16.0. The van der Waals surface area contributed by atoms with Crippen molar-refractivity contribution in [3.63, 3.8) is 0 Å². The number of aliphatic hydroxyl groups is 1. The molecule has 1 atom stereocenters. The molecular formula is C24H26N2O. The fourth-order valence-corrected chi connectivity index (χ4v) is 3.31. The molecule has 27 heavy (non-hydrogen) atoms. The number of nitrogens with zero attached hydrogens (tertiary/aromatic N) is 2. The Labute approximate surface area is 161 Å². The maximum absolute atomic E-state index is 10.7. The van der Waals surface area contributed by atoms with Crippen molar-refractivity contribution in [1.29, 1.82) is 5.26 Å². The van der Waals surface area contributed by atoms with Gasteiger partial charge in [-0.3, -0.25) is 4.90 Å². The molecule has 0 radical (unpaired) electrons. The second-order valence-corrected chi connectivity index (χ2v) is 7.28. The summed E-state index contributed by atoms with van der Waals surface area (Å²) in [4.78, 5) is 2.35. The minimum atomic E-state index is -0.475. The van der Waals surface area contributed by atoms with Crippen LogP contribution in [0.4, 0.5) is 0 Å². The predicted octanol–water partition coefficient (Wildman–Crippen LogP) is 5.05. The van der Waals surface area contributed by atoms with E-state index >= 15 is 0 Å². The first-order chi connectivity index (χ1) is 13.1. The van der Waals surface area contributed by atoms with Gasteiger partial charge in [0.1, 0.15) is 0 Å². The van der Waals surface area contributed by atoms with Crippen LogP contribution < -0.4 is 0 Å². The molecule has 0 aliphatic carbocycles. The molecule has 3 aromatic rings. The lowest BCUT2D eigenvalue weighted by atomic mass is 10.0. The SMILES string of the molecule is CC(C)N(CCC(O)c1ccc2ccccc2c1)Cc1ccc(C#N)cc1. The monoisotopic (exact) mass is 358 g/mol. The Balaban J connectivity index is 1.64. The highest BCUT2D eigenvalue weighted by atomic mass is 16.3. The van der Waals surface area contributed by atoms with Crippen molar-refractivity contribution in [2.45, 2.75) is 39.0 Å². The summed E-state index contributed by atoms with van der Waals surface area (Å²) in [6.07, 6.45) is 0.212. The van der Waals surface area contributed by atoms with E-state index in [-0.39, 0.29) is 0 Å². The molecule has 0 heterocycles. The molecule has 0 fully saturated rings. The molecule has 0 bridgehead atoms. The number of hydrogen-bond acceptors (Lipinski definition) is 3. The number of nitriles is 1. The van der Waals surface area contributed by atoms with E-state index in [0.29, 0.717) is 18.0 Å². The molecular weight excluding hydrogens is 332 g/mol. The quantitative estimate of drug-likeness (QED) is 0.643. The van der Waals surface area contributed by atoms with Gasteiger partial charge >= 0.3 is 0 Å². The Kier molecular flexibility index (Phi) is 6.24. The van der Waals surface area contributed by atoms with Gasteiger partial charge in [-0.2, -0.15) is 5.26 Å². The van der Waals surface area contributed by atoms with Crippen LogP contribution in [0.25, 0.3) is 10.8 Å². The lowest BCUT2D eigenvalue weighted by Gasteiger charge is -2.27. The van der Waals surface area contributed by atoms with Crippen molar-refractivity contribution < 1.29 is 5.11 Å². The van der Waals surface area contributed by atoms with Crippen molar-refractivity contribution in [3.05, 3.63) is 83.4 Å². The summed E-state index contributed by atoms with van der Waals surface area (Å²) < 4.78 is 0. The zero-order chi connectivity index (χ0) is 19.2. The first-order valence-electron chi connectivity index (χ1n) is 9.46. The maximum Gasteiger partial charge on any atom is 0.0991 e. The highest BCUT2D eigenvalue weighted by Gasteiger charge is 2.14. The molecule has 1 unspecified atom stereocenters. The Morgan fingerprint density at radius 1 is 0.963 bits per heavy atom. The molecule has 138 valence electrons. The summed E-state index contributed by atoms with van der Waals surface area (Å²) in [6, 6.07) is 24.7. The normalized spacial score (nSPS) is 12.4. The van der Waals surface area contributed by atoms with Crippen molar-refractivity contribution in [2.24, 2.45) is 0 Å². The van der Waals surface area contributed by atoms with E-state index in [1.54, 1.807) is 0 Å². The lowest BCUT2D eigenvalue weighted by molar-refractivity contribution is 0.127. The van der Waals surface area contributed by atoms with E-state index < -0.39 is 6.10 Å². The van der Waals surface area contributed by atoms with Gasteiger partial charge < -0.3 is 5.11 Å². The lowest BCUT2D eigenvalue weighted by Crippen LogP contribution is -2.32. The van der Waals surface area contributed by atoms with Gasteiger partial charge in [0.25, 0.3) is 0 Å². The second-order valence-electron chi connectivity index (χ2n) is 7.28. The molecule has 0 saturated carbocycles. The van der Waals surface area contributed by atoms with Crippen molar-refractivity contribution >= 4 is 10.8 Å². The van der Waals surface area contributed by atoms with Crippen LogP contribution in [0.2, 0.25) is 0 Å². The van der Waals surface area contributed by atoms with E-state index in [0.717, 1.165) is 24.0 Å². The van der Waals surface area contributed by atoms with E-state index in [1.165, 1.54) is 10.9 Å². The summed E-state index contributed by atoms with van der Waals surface area (Å²) in [7, 11) is 0. The third-order valence-corrected chi connectivity index (χ3v) is 5.05. The molecule has 0 saturated heterocycles. The number of hydrogen-bond donors (Lipinski definition) is 1. The number of rotatable bonds is 7. The van der Waals surface area contributed by atoms with Crippen LogP contribution in [-0.2, 0) is 6.54 Å². The first kappa shape index (κ1) is 19.1. The second kappa shape index (κ2) is 8.81. The molecule has 0 aliphatic rings. The third kappa shape index (κ3) is 4.95. The van der Waals surface area contributed by atoms with Gasteiger partial charge in [-0.1, -0.05) is 48.5 Å². The smallest absolute Gasteiger partial charge is 0.0991 e. The van der Waals surface area contributed by atoms with Crippen LogP contribution in [0.3, 0.4) is 0 Å². The highest BCUT2D eigenvalue weighted by Crippen LogP contribution is 2.23. The summed E-state index contributed by atoms with van der Waals surface area (Å²) >= 11 is 0. The topological polar surface area (TPSA) is 47.3 Å². The molecule has 1 N–H and O–H groups in total. The molecule has 0 aliphatic heterocycles. The Hall–Kier alpha value is -2.67. The van der Waals surface area contributed by atoms with Crippen molar-refractivity contribution in [3.8, 4) is 6.07 Å². The van der Waals surface area contributed by atoms with E-state index in [4.69, 9.17) is 5.26 Å². The van der Waals surface area contributed by atoms with Crippen LogP contribution in [-0.4, -0.2) is 22.6 Å². The maximum atomic E-state index is 10.7. The fourth-order valence-electron chi connectivity index (χ4n) is 3.31. The first-order valence-corrected chi connectivity index (χ1v) is 9.46. The van der Waals surface area contributed by atoms with Gasteiger partial charge in [0, 0.05) is 19.1 Å². The summed E-state index contributed by atoms with van der Waals surface area (Å²) in [6.45, 7) is 5.97. The van der Waals surface area contributed by atoms with Gasteiger partial charge in [0.05, 0.1) is 17.7 Å². The van der Waals surface area contributed by atoms with Gasteiger partial charge in [-0.15, -0.1) is 0 Å². The summed E-state index contributed by atoms with van der Waals surface area (Å²) in [5.41, 5.74) is 2.83. The molecule has 0 aromatic heterocycles. The van der Waals surface area contributed by atoms with Crippen molar-refractivity contribution in [1.82, 2.24) is 4.90 Å². The fraction of sp³-hybridized carbons (Fsp3) is 0.292. The van der Waals surface area contributed by atoms with Crippen LogP contribution in [0.1, 0.15) is 43.1 Å². The van der Waals surface area contributed by atoms with Crippen LogP contribution in [0, 0.1) is 11.3 Å². The highest BCUT2D eigenvalue weighted by molar-refractivity contribution is 5.83. The average molecular weight is 358 g/mol. The van der Waals surface area contributed by atoms with Crippen LogP contribution in [0.15, 0.2) is 66.7 Å². The summed E-state index contributed by atoms with van der Waals surface area (Å²) in [5, 5.41) is 22.0.